The molecule has 7 heteroatoms. The first kappa shape index (κ1) is 14.7. The molecular formula is C8H16F3NO2S. The summed E-state index contributed by atoms with van der Waals surface area (Å²) in [7, 11) is -3.10. The molecule has 1 atom stereocenters. The highest BCUT2D eigenvalue weighted by atomic mass is 32.2. The van der Waals surface area contributed by atoms with Crippen molar-refractivity contribution < 1.29 is 21.6 Å². The van der Waals surface area contributed by atoms with Crippen LogP contribution >= 0.6 is 0 Å². The average Bonchev–Trinajstić information content (AvgIpc) is 2.00. The van der Waals surface area contributed by atoms with Gasteiger partial charge >= 0.3 is 6.18 Å². The summed E-state index contributed by atoms with van der Waals surface area (Å²) in [4.78, 5) is 0. The van der Waals surface area contributed by atoms with Crippen LogP contribution in [0.25, 0.3) is 0 Å². The molecule has 92 valence electrons. The minimum absolute atomic E-state index is 0.0154. The quantitative estimate of drug-likeness (QED) is 0.773. The van der Waals surface area contributed by atoms with Crippen molar-refractivity contribution in [3.63, 3.8) is 0 Å². The Morgan fingerprint density at radius 1 is 1.33 bits per heavy atom. The molecule has 0 saturated heterocycles. The van der Waals surface area contributed by atoms with E-state index in [1.807, 2.05) is 0 Å². The lowest BCUT2D eigenvalue weighted by molar-refractivity contribution is -0.138. The number of hydrogen-bond donors (Lipinski definition) is 1. The maximum atomic E-state index is 11.8. The van der Waals surface area contributed by atoms with Crippen molar-refractivity contribution >= 4 is 9.84 Å². The van der Waals surface area contributed by atoms with Crippen LogP contribution in [0.4, 0.5) is 13.2 Å². The number of halogens is 3. The first-order valence-electron chi connectivity index (χ1n) is 4.69. The van der Waals surface area contributed by atoms with Crippen LogP contribution < -0.4 is 5.73 Å². The Labute approximate surface area is 87.8 Å². The Balaban J connectivity index is 3.79. The van der Waals surface area contributed by atoms with Gasteiger partial charge in [0.05, 0.1) is 12.2 Å². The van der Waals surface area contributed by atoms with Gasteiger partial charge in [-0.25, -0.2) is 8.42 Å². The number of rotatable bonds is 6. The fraction of sp³-hybridized carbons (Fsp3) is 1.00. The number of alkyl halides is 3. The Hall–Kier alpha value is -0.300. The zero-order valence-corrected chi connectivity index (χ0v) is 9.37. The van der Waals surface area contributed by atoms with E-state index < -0.39 is 28.5 Å². The normalized spacial score (nSPS) is 15.3. The number of nitrogens with two attached hydrogens (primary N) is 1. The van der Waals surface area contributed by atoms with Gasteiger partial charge in [-0.05, 0) is 12.8 Å². The summed E-state index contributed by atoms with van der Waals surface area (Å²) in [5.74, 6) is -0.0729. The van der Waals surface area contributed by atoms with Gasteiger partial charge in [-0.3, -0.25) is 0 Å². The zero-order valence-electron chi connectivity index (χ0n) is 8.55. The van der Waals surface area contributed by atoms with Crippen molar-refractivity contribution in [1.29, 1.82) is 0 Å². The van der Waals surface area contributed by atoms with E-state index in [9.17, 15) is 21.6 Å². The van der Waals surface area contributed by atoms with E-state index in [2.05, 4.69) is 0 Å². The lowest BCUT2D eigenvalue weighted by Crippen LogP contribution is -2.28. The van der Waals surface area contributed by atoms with Crippen LogP contribution in [0, 0.1) is 0 Å². The van der Waals surface area contributed by atoms with Crippen molar-refractivity contribution in [2.24, 2.45) is 5.73 Å². The first-order valence-corrected chi connectivity index (χ1v) is 6.51. The zero-order chi connectivity index (χ0) is 12.1. The highest BCUT2D eigenvalue weighted by molar-refractivity contribution is 7.91. The molecule has 1 unspecified atom stereocenters. The fourth-order valence-corrected chi connectivity index (χ4v) is 2.00. The fourth-order valence-electron chi connectivity index (χ4n) is 1.11. The molecule has 2 N–H and O–H groups in total. The maximum Gasteiger partial charge on any atom is 0.390 e. The van der Waals surface area contributed by atoms with Gasteiger partial charge in [0.15, 0.2) is 0 Å². The Morgan fingerprint density at radius 2 is 1.87 bits per heavy atom. The summed E-state index contributed by atoms with van der Waals surface area (Å²) >= 11 is 0. The number of sulfone groups is 1. The van der Waals surface area contributed by atoms with E-state index in [1.54, 1.807) is 0 Å². The van der Waals surface area contributed by atoms with Crippen molar-refractivity contribution in [3.8, 4) is 0 Å². The Bertz CT molecular complexity index is 274. The molecule has 0 aliphatic rings. The van der Waals surface area contributed by atoms with Gasteiger partial charge in [0, 0.05) is 11.8 Å². The monoisotopic (exact) mass is 247 g/mol. The molecule has 0 aromatic heterocycles. The summed E-state index contributed by atoms with van der Waals surface area (Å²) in [5.41, 5.74) is 5.22. The molecule has 0 amide bonds. The molecule has 0 radical (unpaired) electrons. The largest absolute Gasteiger partial charge is 0.390 e. The van der Waals surface area contributed by atoms with Gasteiger partial charge in [-0.2, -0.15) is 13.2 Å². The maximum absolute atomic E-state index is 11.8. The third-order valence-corrected chi connectivity index (χ3v) is 3.75. The molecule has 0 aromatic rings. The molecule has 0 fully saturated rings. The SMILES string of the molecule is CCS(=O)(=O)CCCC(N)CC(F)(F)F. The average molecular weight is 247 g/mol. The predicted molar refractivity (Wildman–Crippen MR) is 52.2 cm³/mol. The second kappa shape index (κ2) is 5.69. The van der Waals surface area contributed by atoms with Crippen LogP contribution in [0.1, 0.15) is 26.2 Å². The highest BCUT2D eigenvalue weighted by Gasteiger charge is 2.30. The van der Waals surface area contributed by atoms with Crippen LogP contribution in [-0.4, -0.2) is 32.1 Å². The molecule has 0 bridgehead atoms. The molecule has 0 aliphatic carbocycles. The standard InChI is InChI=1S/C8H16F3NO2S/c1-2-15(13,14)5-3-4-7(12)6-8(9,10)11/h7H,2-6,12H2,1H3. The lowest BCUT2D eigenvalue weighted by atomic mass is 10.1. The minimum Gasteiger partial charge on any atom is -0.327 e. The van der Waals surface area contributed by atoms with Gasteiger partial charge < -0.3 is 5.73 Å². The second-order valence-electron chi connectivity index (χ2n) is 3.46. The van der Waals surface area contributed by atoms with E-state index in [0.29, 0.717) is 0 Å². The molecule has 3 nitrogen and oxygen atoms in total. The van der Waals surface area contributed by atoms with Crippen LogP contribution in [-0.2, 0) is 9.84 Å². The van der Waals surface area contributed by atoms with E-state index in [1.165, 1.54) is 6.92 Å². The van der Waals surface area contributed by atoms with Gasteiger partial charge in [0.1, 0.15) is 9.84 Å². The summed E-state index contributed by atoms with van der Waals surface area (Å²) in [6, 6.07) is -1.00. The first-order chi connectivity index (χ1) is 6.66. The van der Waals surface area contributed by atoms with Crippen molar-refractivity contribution in [3.05, 3.63) is 0 Å². The lowest BCUT2D eigenvalue weighted by Gasteiger charge is -2.13. The van der Waals surface area contributed by atoms with E-state index in [0.717, 1.165) is 0 Å². The highest BCUT2D eigenvalue weighted by Crippen LogP contribution is 2.22. The van der Waals surface area contributed by atoms with Crippen LogP contribution in [0.15, 0.2) is 0 Å². The summed E-state index contributed by atoms with van der Waals surface area (Å²) in [5, 5.41) is 0. The summed E-state index contributed by atoms with van der Waals surface area (Å²) < 4.78 is 57.5. The van der Waals surface area contributed by atoms with E-state index >= 15 is 0 Å². The molecule has 0 saturated carbocycles. The topological polar surface area (TPSA) is 60.2 Å². The van der Waals surface area contributed by atoms with Gasteiger partial charge in [0.2, 0.25) is 0 Å². The molecule has 0 heterocycles. The molecule has 0 aliphatic heterocycles. The predicted octanol–water partition coefficient (Wildman–Crippen LogP) is 1.48. The van der Waals surface area contributed by atoms with Crippen LogP contribution in [0.5, 0.6) is 0 Å². The molecule has 15 heavy (non-hydrogen) atoms. The Morgan fingerprint density at radius 3 is 2.27 bits per heavy atom. The summed E-state index contributed by atoms with van der Waals surface area (Å²) in [6.07, 6.45) is -5.06. The minimum atomic E-state index is -4.27. The molecule has 0 aromatic carbocycles. The van der Waals surface area contributed by atoms with Crippen LogP contribution in [0.2, 0.25) is 0 Å². The van der Waals surface area contributed by atoms with Gasteiger partial charge in [0.25, 0.3) is 0 Å². The number of hydrogen-bond acceptors (Lipinski definition) is 3. The smallest absolute Gasteiger partial charge is 0.327 e. The Kier molecular flexibility index (Phi) is 5.58. The van der Waals surface area contributed by atoms with Crippen molar-refractivity contribution in [2.75, 3.05) is 11.5 Å². The molecule has 0 spiro atoms. The summed E-state index contributed by atoms with van der Waals surface area (Å²) in [6.45, 7) is 1.50. The van der Waals surface area contributed by atoms with E-state index in [-0.39, 0.29) is 24.3 Å². The van der Waals surface area contributed by atoms with Crippen molar-refractivity contribution in [1.82, 2.24) is 0 Å². The molecular weight excluding hydrogens is 231 g/mol. The van der Waals surface area contributed by atoms with Crippen LogP contribution in [0.3, 0.4) is 0 Å². The van der Waals surface area contributed by atoms with Gasteiger partial charge in [-0.15, -0.1) is 0 Å². The second-order valence-corrected chi connectivity index (χ2v) is 5.93. The third kappa shape index (κ3) is 8.68. The molecule has 0 rings (SSSR count). The van der Waals surface area contributed by atoms with E-state index in [4.69, 9.17) is 5.73 Å². The third-order valence-electron chi connectivity index (χ3n) is 1.96. The van der Waals surface area contributed by atoms with Gasteiger partial charge in [-0.1, -0.05) is 6.92 Å². The van der Waals surface area contributed by atoms with Crippen molar-refractivity contribution in [2.45, 2.75) is 38.4 Å².